The third kappa shape index (κ3) is 5.81. The molecule has 4 aromatic rings. The van der Waals surface area contributed by atoms with Crippen molar-refractivity contribution in [3.63, 3.8) is 0 Å². The molecule has 0 unspecified atom stereocenters. The van der Waals surface area contributed by atoms with Crippen molar-refractivity contribution in [2.75, 3.05) is 23.3 Å². The zero-order valence-electron chi connectivity index (χ0n) is 22.7. The Bertz CT molecular complexity index is 1590. The van der Waals surface area contributed by atoms with Gasteiger partial charge in [0.15, 0.2) is 5.84 Å². The number of aryl methyl sites for hydroxylation is 1. The number of nitrogens with zero attached hydrogens (tertiary/aromatic N) is 4. The number of carbonyl (C=O) groups is 1. The SMILES string of the molecule is CCc1nc2ccc(NC(=O)c3ccccc3)cc2c(=O)n1CC1CCN(c2ccccc2/C(N)=N/N)CC1.N.[HH].[HH]. The van der Waals surface area contributed by atoms with Gasteiger partial charge in [-0.15, -0.1) is 0 Å². The highest BCUT2D eigenvalue weighted by Gasteiger charge is 2.24. The van der Waals surface area contributed by atoms with Crippen LogP contribution in [0.15, 0.2) is 82.7 Å². The number of rotatable bonds is 7. The number of amidine groups is 1. The molecule has 0 atom stereocenters. The summed E-state index contributed by atoms with van der Waals surface area (Å²) in [7, 11) is 0. The van der Waals surface area contributed by atoms with Crippen LogP contribution in [0.25, 0.3) is 10.9 Å². The fourth-order valence-corrected chi connectivity index (χ4v) is 5.25. The van der Waals surface area contributed by atoms with Gasteiger partial charge >= 0.3 is 0 Å². The molecule has 8 N–H and O–H groups in total. The van der Waals surface area contributed by atoms with Gasteiger partial charge in [-0.05, 0) is 61.2 Å². The number of hydrazone groups is 1. The van der Waals surface area contributed by atoms with Crippen LogP contribution in [0.1, 0.15) is 44.4 Å². The van der Waals surface area contributed by atoms with Gasteiger partial charge in [0.2, 0.25) is 0 Å². The molecule has 212 valence electrons. The average molecular weight is 545 g/mol. The van der Waals surface area contributed by atoms with Crippen molar-refractivity contribution in [2.45, 2.75) is 32.7 Å². The van der Waals surface area contributed by atoms with E-state index in [4.69, 9.17) is 16.6 Å². The van der Waals surface area contributed by atoms with Gasteiger partial charge < -0.3 is 27.9 Å². The van der Waals surface area contributed by atoms with Gasteiger partial charge in [0, 0.05) is 51.4 Å². The summed E-state index contributed by atoms with van der Waals surface area (Å²) >= 11 is 0. The van der Waals surface area contributed by atoms with Crippen molar-refractivity contribution in [1.82, 2.24) is 15.7 Å². The van der Waals surface area contributed by atoms with Gasteiger partial charge in [0.1, 0.15) is 5.82 Å². The number of fused-ring (bicyclic) bond motifs is 1. The van der Waals surface area contributed by atoms with Crippen molar-refractivity contribution in [1.29, 1.82) is 0 Å². The first-order valence-corrected chi connectivity index (χ1v) is 13.3. The van der Waals surface area contributed by atoms with E-state index < -0.39 is 0 Å². The van der Waals surface area contributed by atoms with Crippen molar-refractivity contribution < 1.29 is 7.65 Å². The minimum Gasteiger partial charge on any atom is -0.382 e. The van der Waals surface area contributed by atoms with Crippen LogP contribution in [-0.4, -0.2) is 34.4 Å². The Morgan fingerprint density at radius 1 is 1.07 bits per heavy atom. The second-order valence-electron chi connectivity index (χ2n) is 9.81. The molecular formula is C30H40N8O2. The van der Waals surface area contributed by atoms with E-state index in [9.17, 15) is 9.59 Å². The van der Waals surface area contributed by atoms with Crippen LogP contribution in [0, 0.1) is 5.92 Å². The van der Waals surface area contributed by atoms with E-state index >= 15 is 0 Å². The Morgan fingerprint density at radius 2 is 1.77 bits per heavy atom. The first kappa shape index (κ1) is 28.3. The van der Waals surface area contributed by atoms with Gasteiger partial charge in [-0.25, -0.2) is 4.98 Å². The fourth-order valence-electron chi connectivity index (χ4n) is 5.25. The third-order valence-corrected chi connectivity index (χ3v) is 7.36. The quantitative estimate of drug-likeness (QED) is 0.116. The van der Waals surface area contributed by atoms with E-state index in [0.717, 1.165) is 43.0 Å². The van der Waals surface area contributed by atoms with Crippen LogP contribution in [0.3, 0.4) is 0 Å². The number of carbonyl (C=O) groups excluding carboxylic acids is 1. The summed E-state index contributed by atoms with van der Waals surface area (Å²) in [5, 5.41) is 7.07. The second kappa shape index (κ2) is 12.4. The lowest BCUT2D eigenvalue weighted by Crippen LogP contribution is -2.38. The lowest BCUT2D eigenvalue weighted by Gasteiger charge is -2.35. The van der Waals surface area contributed by atoms with Gasteiger partial charge in [-0.1, -0.05) is 37.3 Å². The van der Waals surface area contributed by atoms with Crippen LogP contribution in [0.5, 0.6) is 0 Å². The van der Waals surface area contributed by atoms with E-state index in [1.54, 1.807) is 30.3 Å². The Kier molecular flexibility index (Phi) is 8.80. The minimum atomic E-state index is -0.221. The molecule has 0 aliphatic carbocycles. The van der Waals surface area contributed by atoms with E-state index in [1.807, 2.05) is 54.0 Å². The number of benzene rings is 3. The molecule has 1 aromatic heterocycles. The zero-order chi connectivity index (χ0) is 27.4. The summed E-state index contributed by atoms with van der Waals surface area (Å²) in [6, 6.07) is 22.2. The van der Waals surface area contributed by atoms with Crippen molar-refractivity contribution in [3.8, 4) is 0 Å². The molecule has 1 fully saturated rings. The van der Waals surface area contributed by atoms with Gasteiger partial charge in [0.25, 0.3) is 11.5 Å². The van der Waals surface area contributed by atoms with Crippen LogP contribution >= 0.6 is 0 Å². The summed E-state index contributed by atoms with van der Waals surface area (Å²) in [6.07, 6.45) is 2.51. The summed E-state index contributed by atoms with van der Waals surface area (Å²) in [4.78, 5) is 33.4. The summed E-state index contributed by atoms with van der Waals surface area (Å²) in [5.74, 6) is 6.63. The first-order valence-electron chi connectivity index (χ1n) is 13.3. The maximum Gasteiger partial charge on any atom is 0.261 e. The number of nitrogens with two attached hydrogens (primary N) is 2. The summed E-state index contributed by atoms with van der Waals surface area (Å²) in [5.41, 5.74) is 9.56. The fraction of sp³-hybridized carbons (Fsp3) is 0.267. The van der Waals surface area contributed by atoms with Crippen LogP contribution in [-0.2, 0) is 13.0 Å². The predicted octanol–water partition coefficient (Wildman–Crippen LogP) is 4.36. The first-order chi connectivity index (χ1) is 19.0. The van der Waals surface area contributed by atoms with Crippen LogP contribution < -0.4 is 33.5 Å². The number of aromatic nitrogens is 2. The Labute approximate surface area is 236 Å². The molecular weight excluding hydrogens is 504 g/mol. The largest absolute Gasteiger partial charge is 0.382 e. The van der Waals surface area contributed by atoms with Crippen molar-refractivity contribution in [3.05, 3.63) is 100 Å². The van der Waals surface area contributed by atoms with Crippen LogP contribution in [0.4, 0.5) is 11.4 Å². The minimum absolute atomic E-state index is 0. The molecule has 0 bridgehead atoms. The number of nitrogens with one attached hydrogen (secondary N) is 1. The van der Waals surface area contributed by atoms with Crippen LogP contribution in [0.2, 0.25) is 0 Å². The molecule has 3 aromatic carbocycles. The molecule has 1 aliphatic rings. The predicted molar refractivity (Wildman–Crippen MR) is 165 cm³/mol. The highest BCUT2D eigenvalue weighted by atomic mass is 16.1. The maximum atomic E-state index is 13.7. The lowest BCUT2D eigenvalue weighted by molar-refractivity contribution is 0.102. The maximum absolute atomic E-state index is 13.7. The smallest absolute Gasteiger partial charge is 0.261 e. The lowest BCUT2D eigenvalue weighted by atomic mass is 9.95. The molecule has 1 aliphatic heterocycles. The molecule has 1 saturated heterocycles. The number of para-hydroxylation sites is 1. The normalized spacial score (nSPS) is 14.1. The molecule has 0 saturated carbocycles. The highest BCUT2D eigenvalue weighted by Crippen LogP contribution is 2.27. The summed E-state index contributed by atoms with van der Waals surface area (Å²) < 4.78 is 1.82. The Hall–Kier alpha value is -4.70. The molecule has 10 nitrogen and oxygen atoms in total. The summed E-state index contributed by atoms with van der Waals surface area (Å²) in [6.45, 7) is 4.30. The van der Waals surface area contributed by atoms with Gasteiger partial charge in [-0.2, -0.15) is 5.10 Å². The van der Waals surface area contributed by atoms with Gasteiger partial charge in [0.05, 0.1) is 10.9 Å². The number of anilines is 2. The number of amides is 1. The van der Waals surface area contributed by atoms with E-state index in [-0.39, 0.29) is 20.5 Å². The molecule has 0 spiro atoms. The van der Waals surface area contributed by atoms with Gasteiger partial charge in [-0.3, -0.25) is 14.2 Å². The number of hydrogen-bond donors (Lipinski definition) is 4. The molecule has 1 amide bonds. The molecule has 2 heterocycles. The molecule has 0 radical (unpaired) electrons. The highest BCUT2D eigenvalue weighted by molar-refractivity contribution is 6.05. The topological polar surface area (TPSA) is 167 Å². The zero-order valence-corrected chi connectivity index (χ0v) is 22.7. The molecule has 40 heavy (non-hydrogen) atoms. The number of piperidine rings is 1. The monoisotopic (exact) mass is 544 g/mol. The molecule has 5 rings (SSSR count). The van der Waals surface area contributed by atoms with E-state index in [1.165, 1.54) is 0 Å². The van der Waals surface area contributed by atoms with E-state index in [2.05, 4.69) is 15.3 Å². The average Bonchev–Trinajstić information content (AvgIpc) is 2.99. The Balaban J connectivity index is 0.00000205. The van der Waals surface area contributed by atoms with Crippen molar-refractivity contribution >= 4 is 34.0 Å². The third-order valence-electron chi connectivity index (χ3n) is 7.36. The second-order valence-corrected chi connectivity index (χ2v) is 9.81. The molecule has 10 heteroatoms. The number of hydrogen-bond acceptors (Lipinski definition) is 7. The Morgan fingerprint density at radius 3 is 2.48 bits per heavy atom. The standard InChI is InChI=1S/C30H33N7O2.H3N.2H2/c1-2-27-34-25-13-12-22(33-29(38)21-8-4-3-5-9-21)18-24(25)30(39)37(27)19-20-14-16-36(17-15-20)26-11-7-6-10-23(26)28(31)35-32;;;/h3-13,18,20H,2,14-17,19,32H2,1H3,(H2,31,35)(H,33,38);1H3;2*1H. The van der Waals surface area contributed by atoms with E-state index in [0.29, 0.717) is 46.9 Å². The van der Waals surface area contributed by atoms with Crippen molar-refractivity contribution in [2.24, 2.45) is 22.6 Å².